The summed E-state index contributed by atoms with van der Waals surface area (Å²) in [5.41, 5.74) is -2.67. The number of amides is 1. The smallest absolute Gasteiger partial charge is 0.369 e. The molecule has 1 amide bonds. The SMILES string of the molecule is C#CC(C)(C)NC(=O)c1cc(C(F)(F)F)cnc1NCCC(F)F. The van der Waals surface area contributed by atoms with Gasteiger partial charge in [-0.1, -0.05) is 5.92 Å². The van der Waals surface area contributed by atoms with Crippen LogP contribution in [0.1, 0.15) is 36.2 Å². The van der Waals surface area contributed by atoms with E-state index in [4.69, 9.17) is 6.42 Å². The van der Waals surface area contributed by atoms with E-state index < -0.39 is 41.6 Å². The van der Waals surface area contributed by atoms with Crippen molar-refractivity contribution in [1.29, 1.82) is 0 Å². The summed E-state index contributed by atoms with van der Waals surface area (Å²) < 4.78 is 62.8. The molecule has 0 atom stereocenters. The molecule has 4 nitrogen and oxygen atoms in total. The molecular formula is C15H16F5N3O. The largest absolute Gasteiger partial charge is 0.417 e. The molecule has 0 aromatic carbocycles. The van der Waals surface area contributed by atoms with E-state index in [1.807, 2.05) is 0 Å². The molecule has 0 aliphatic rings. The number of nitrogens with one attached hydrogen (secondary N) is 2. The Morgan fingerprint density at radius 1 is 1.38 bits per heavy atom. The molecule has 1 aromatic heterocycles. The summed E-state index contributed by atoms with van der Waals surface area (Å²) in [6, 6.07) is 0.597. The number of hydrogen-bond donors (Lipinski definition) is 2. The lowest BCUT2D eigenvalue weighted by atomic mass is 10.1. The van der Waals surface area contributed by atoms with Crippen molar-refractivity contribution in [3.05, 3.63) is 23.4 Å². The highest BCUT2D eigenvalue weighted by Gasteiger charge is 2.33. The van der Waals surface area contributed by atoms with Gasteiger partial charge in [0.1, 0.15) is 5.82 Å². The van der Waals surface area contributed by atoms with Gasteiger partial charge in [0, 0.05) is 19.2 Å². The first-order chi connectivity index (χ1) is 11.0. The van der Waals surface area contributed by atoms with E-state index in [0.717, 1.165) is 0 Å². The molecule has 0 fully saturated rings. The minimum absolute atomic E-state index is 0.228. The molecule has 0 spiro atoms. The van der Waals surface area contributed by atoms with Gasteiger partial charge in [-0.2, -0.15) is 13.2 Å². The second kappa shape index (κ2) is 7.47. The highest BCUT2D eigenvalue weighted by Crippen LogP contribution is 2.30. The van der Waals surface area contributed by atoms with Gasteiger partial charge in [-0.15, -0.1) is 6.42 Å². The number of carbonyl (C=O) groups is 1. The highest BCUT2D eigenvalue weighted by atomic mass is 19.4. The topological polar surface area (TPSA) is 54.0 Å². The summed E-state index contributed by atoms with van der Waals surface area (Å²) >= 11 is 0. The van der Waals surface area contributed by atoms with Gasteiger partial charge in [-0.05, 0) is 19.9 Å². The molecule has 1 rings (SSSR count). The summed E-state index contributed by atoms with van der Waals surface area (Å²) in [7, 11) is 0. The van der Waals surface area contributed by atoms with Crippen LogP contribution in [-0.2, 0) is 6.18 Å². The van der Waals surface area contributed by atoms with Crippen molar-refractivity contribution in [2.24, 2.45) is 0 Å². The molecule has 2 N–H and O–H groups in total. The molecular weight excluding hydrogens is 333 g/mol. The van der Waals surface area contributed by atoms with Crippen LogP contribution >= 0.6 is 0 Å². The van der Waals surface area contributed by atoms with Crippen molar-refractivity contribution in [3.8, 4) is 12.3 Å². The lowest BCUT2D eigenvalue weighted by Gasteiger charge is -2.21. The predicted octanol–water partition coefficient (Wildman–Crippen LogP) is 3.31. The van der Waals surface area contributed by atoms with E-state index in [2.05, 4.69) is 21.5 Å². The predicted molar refractivity (Wildman–Crippen MR) is 78.7 cm³/mol. The van der Waals surface area contributed by atoms with Crippen molar-refractivity contribution < 1.29 is 26.7 Å². The molecule has 0 saturated carbocycles. The normalized spacial score (nSPS) is 12.0. The summed E-state index contributed by atoms with van der Waals surface area (Å²) in [5.74, 6) is 1.15. The standard InChI is InChI=1S/C15H16F5N3O/c1-4-14(2,3)23-13(24)10-7-9(15(18,19)20)8-22-12(10)21-6-5-11(16)17/h1,7-8,11H,5-6H2,2-3H3,(H,21,22)(H,23,24). The number of nitrogens with zero attached hydrogens (tertiary/aromatic N) is 1. The van der Waals surface area contributed by atoms with Gasteiger partial charge in [0.15, 0.2) is 0 Å². The van der Waals surface area contributed by atoms with Gasteiger partial charge in [0.2, 0.25) is 6.43 Å². The molecule has 1 heterocycles. The first-order valence-electron chi connectivity index (χ1n) is 6.86. The Morgan fingerprint density at radius 3 is 2.50 bits per heavy atom. The van der Waals surface area contributed by atoms with Crippen LogP contribution in [0.4, 0.5) is 27.8 Å². The van der Waals surface area contributed by atoms with E-state index in [9.17, 15) is 26.7 Å². The Balaban J connectivity index is 3.15. The lowest BCUT2D eigenvalue weighted by molar-refractivity contribution is -0.137. The fourth-order valence-corrected chi connectivity index (χ4v) is 1.62. The van der Waals surface area contributed by atoms with Crippen LogP contribution in [0, 0.1) is 12.3 Å². The van der Waals surface area contributed by atoms with E-state index in [-0.39, 0.29) is 12.4 Å². The fourth-order valence-electron chi connectivity index (χ4n) is 1.62. The number of hydrogen-bond acceptors (Lipinski definition) is 3. The maximum Gasteiger partial charge on any atom is 0.417 e. The third-order valence-corrected chi connectivity index (χ3v) is 2.90. The van der Waals surface area contributed by atoms with Crippen LogP contribution in [0.3, 0.4) is 0 Å². The number of halogens is 5. The first-order valence-corrected chi connectivity index (χ1v) is 6.86. The van der Waals surface area contributed by atoms with Gasteiger partial charge >= 0.3 is 6.18 Å². The number of alkyl halides is 5. The van der Waals surface area contributed by atoms with Crippen molar-refractivity contribution in [1.82, 2.24) is 10.3 Å². The Bertz CT molecular complexity index is 635. The van der Waals surface area contributed by atoms with Crippen molar-refractivity contribution in [2.45, 2.75) is 38.4 Å². The summed E-state index contributed by atoms with van der Waals surface area (Å²) in [4.78, 5) is 15.7. The van der Waals surface area contributed by atoms with Crippen molar-refractivity contribution in [2.75, 3.05) is 11.9 Å². The summed E-state index contributed by atoms with van der Waals surface area (Å²) in [6.45, 7) is 2.71. The zero-order chi connectivity index (χ0) is 18.5. The summed E-state index contributed by atoms with van der Waals surface area (Å²) in [5, 5.41) is 4.81. The van der Waals surface area contributed by atoms with Crippen LogP contribution in [0.15, 0.2) is 12.3 Å². The zero-order valence-electron chi connectivity index (χ0n) is 13.0. The van der Waals surface area contributed by atoms with Crippen LogP contribution in [0.25, 0.3) is 0 Å². The number of aromatic nitrogens is 1. The van der Waals surface area contributed by atoms with Crippen LogP contribution < -0.4 is 10.6 Å². The molecule has 132 valence electrons. The third-order valence-electron chi connectivity index (χ3n) is 2.90. The number of pyridine rings is 1. The zero-order valence-corrected chi connectivity index (χ0v) is 13.0. The number of terminal acetylenes is 1. The highest BCUT2D eigenvalue weighted by molar-refractivity contribution is 5.99. The number of anilines is 1. The number of carbonyl (C=O) groups excluding carboxylic acids is 1. The molecule has 0 aliphatic carbocycles. The van der Waals surface area contributed by atoms with Gasteiger partial charge in [0.25, 0.3) is 5.91 Å². The monoisotopic (exact) mass is 349 g/mol. The van der Waals surface area contributed by atoms with E-state index >= 15 is 0 Å². The van der Waals surface area contributed by atoms with Crippen molar-refractivity contribution in [3.63, 3.8) is 0 Å². The lowest BCUT2D eigenvalue weighted by Crippen LogP contribution is -2.42. The van der Waals surface area contributed by atoms with Gasteiger partial charge in [0.05, 0.1) is 16.7 Å². The quantitative estimate of drug-likeness (QED) is 0.612. The third kappa shape index (κ3) is 5.68. The van der Waals surface area contributed by atoms with Crippen LogP contribution in [0.2, 0.25) is 0 Å². The second-order valence-electron chi connectivity index (χ2n) is 5.45. The maximum atomic E-state index is 12.8. The van der Waals surface area contributed by atoms with Crippen molar-refractivity contribution >= 4 is 11.7 Å². The van der Waals surface area contributed by atoms with E-state index in [0.29, 0.717) is 12.3 Å². The molecule has 0 bridgehead atoms. The number of rotatable bonds is 6. The Labute approximate surface area is 135 Å². The maximum absolute atomic E-state index is 12.8. The van der Waals surface area contributed by atoms with Crippen LogP contribution in [0.5, 0.6) is 0 Å². The summed E-state index contributed by atoms with van der Waals surface area (Å²) in [6.07, 6.45) is -2.09. The molecule has 0 saturated heterocycles. The second-order valence-corrected chi connectivity index (χ2v) is 5.45. The van der Waals surface area contributed by atoms with E-state index in [1.165, 1.54) is 13.8 Å². The van der Waals surface area contributed by atoms with Gasteiger partial charge in [-0.3, -0.25) is 4.79 Å². The Hall–Kier alpha value is -2.37. The minimum atomic E-state index is -4.70. The minimum Gasteiger partial charge on any atom is -0.369 e. The Morgan fingerprint density at radius 2 is 2.00 bits per heavy atom. The first kappa shape index (κ1) is 19.7. The average molecular weight is 349 g/mol. The molecule has 0 radical (unpaired) electrons. The molecule has 9 heteroatoms. The molecule has 0 unspecified atom stereocenters. The van der Waals surface area contributed by atoms with Crippen LogP contribution in [-0.4, -0.2) is 29.4 Å². The Kier molecular flexibility index (Phi) is 6.12. The average Bonchev–Trinajstić information content (AvgIpc) is 2.45. The molecule has 1 aromatic rings. The van der Waals surface area contributed by atoms with Gasteiger partial charge in [-0.25, -0.2) is 13.8 Å². The fraction of sp³-hybridized carbons (Fsp3) is 0.467. The van der Waals surface area contributed by atoms with Gasteiger partial charge < -0.3 is 10.6 Å². The van der Waals surface area contributed by atoms with E-state index in [1.54, 1.807) is 0 Å². The molecule has 24 heavy (non-hydrogen) atoms. The molecule has 0 aliphatic heterocycles.